The van der Waals surface area contributed by atoms with E-state index in [-0.39, 0.29) is 6.61 Å². The van der Waals surface area contributed by atoms with Gasteiger partial charge in [0.25, 0.3) is 0 Å². The third kappa shape index (κ3) is 4.27. The molecule has 0 aliphatic heterocycles. The molecule has 102 valence electrons. The van der Waals surface area contributed by atoms with Crippen LogP contribution in [0.15, 0.2) is 24.3 Å². The lowest BCUT2D eigenvalue weighted by molar-refractivity contribution is -0.168. The maximum Gasteiger partial charge on any atom is 0.330 e. The summed E-state index contributed by atoms with van der Waals surface area (Å²) in [6.07, 6.45) is -3.12. The average molecular weight is 265 g/mol. The Morgan fingerprint density at radius 3 is 2.33 bits per heavy atom. The Hall–Kier alpha value is -1.14. The summed E-state index contributed by atoms with van der Waals surface area (Å²) in [5, 5.41) is 0. The zero-order chi connectivity index (χ0) is 13.6. The molecule has 1 aromatic rings. The molecular weight excluding hydrogens is 250 g/mol. The Kier molecular flexibility index (Phi) is 5.55. The number of rotatable bonds is 7. The lowest BCUT2D eigenvalue weighted by Gasteiger charge is -2.16. The normalized spacial score (nSPS) is 12.1. The van der Waals surface area contributed by atoms with Crippen molar-refractivity contribution in [1.29, 1.82) is 0 Å². The minimum atomic E-state index is -4.11. The molecule has 0 aromatic heterocycles. The highest BCUT2D eigenvalue weighted by Gasteiger charge is 2.40. The quantitative estimate of drug-likeness (QED) is 0.769. The predicted molar refractivity (Wildman–Crippen MR) is 59.8 cm³/mol. The molecule has 0 saturated heterocycles. The van der Waals surface area contributed by atoms with Crippen LogP contribution in [0.2, 0.25) is 0 Å². The minimum absolute atomic E-state index is 0.127. The van der Waals surface area contributed by atoms with Crippen molar-refractivity contribution in [3.05, 3.63) is 35.4 Å². The van der Waals surface area contributed by atoms with Crippen molar-refractivity contribution in [2.24, 2.45) is 5.73 Å². The van der Waals surface area contributed by atoms with Gasteiger partial charge in [-0.1, -0.05) is 24.3 Å². The zero-order valence-corrected chi connectivity index (χ0v) is 9.71. The Morgan fingerprint density at radius 1 is 1.17 bits per heavy atom. The summed E-state index contributed by atoms with van der Waals surface area (Å²) in [4.78, 5) is 0. The SMILES string of the molecule is NCCc1ccccc1COCC(F)(F)C(F)F. The first-order chi connectivity index (χ1) is 8.47. The standard InChI is InChI=1S/C12H15F4NO/c13-11(14)12(15,16)8-18-7-10-4-2-1-3-9(10)5-6-17/h1-4,11H,5-8,17H2. The van der Waals surface area contributed by atoms with E-state index in [0.717, 1.165) is 5.56 Å². The molecule has 0 aliphatic carbocycles. The first-order valence-electron chi connectivity index (χ1n) is 5.48. The topological polar surface area (TPSA) is 35.2 Å². The average Bonchev–Trinajstić information content (AvgIpc) is 2.31. The van der Waals surface area contributed by atoms with Crippen molar-refractivity contribution in [2.75, 3.05) is 13.2 Å². The molecular formula is C12H15F4NO. The number of halogens is 4. The second-order valence-corrected chi connectivity index (χ2v) is 3.86. The van der Waals surface area contributed by atoms with Gasteiger partial charge >= 0.3 is 12.3 Å². The molecule has 0 atom stereocenters. The first kappa shape index (κ1) is 14.9. The van der Waals surface area contributed by atoms with Gasteiger partial charge in [-0.25, -0.2) is 8.78 Å². The van der Waals surface area contributed by atoms with E-state index < -0.39 is 19.0 Å². The minimum Gasteiger partial charge on any atom is -0.370 e. The second kappa shape index (κ2) is 6.70. The third-order valence-electron chi connectivity index (χ3n) is 2.40. The highest BCUT2D eigenvalue weighted by molar-refractivity contribution is 5.26. The summed E-state index contributed by atoms with van der Waals surface area (Å²) in [6.45, 7) is -0.996. The number of benzene rings is 1. The molecule has 0 unspecified atom stereocenters. The summed E-state index contributed by atoms with van der Waals surface area (Å²) in [6, 6.07) is 7.02. The molecule has 1 rings (SSSR count). The molecule has 0 aliphatic rings. The van der Waals surface area contributed by atoms with Crippen molar-refractivity contribution in [3.63, 3.8) is 0 Å². The van der Waals surface area contributed by atoms with E-state index in [1.807, 2.05) is 0 Å². The van der Waals surface area contributed by atoms with Crippen LogP contribution in [0.3, 0.4) is 0 Å². The van der Waals surface area contributed by atoms with Gasteiger partial charge in [0, 0.05) is 0 Å². The monoisotopic (exact) mass is 265 g/mol. The largest absolute Gasteiger partial charge is 0.370 e. The molecule has 0 bridgehead atoms. The van der Waals surface area contributed by atoms with Crippen molar-refractivity contribution in [1.82, 2.24) is 0 Å². The Bertz CT molecular complexity index is 371. The number of nitrogens with two attached hydrogens (primary N) is 1. The van der Waals surface area contributed by atoms with Crippen LogP contribution in [-0.2, 0) is 17.8 Å². The van der Waals surface area contributed by atoms with E-state index >= 15 is 0 Å². The van der Waals surface area contributed by atoms with Gasteiger partial charge < -0.3 is 10.5 Å². The van der Waals surface area contributed by atoms with E-state index in [1.165, 1.54) is 0 Å². The van der Waals surface area contributed by atoms with E-state index in [0.29, 0.717) is 18.5 Å². The zero-order valence-electron chi connectivity index (χ0n) is 9.71. The second-order valence-electron chi connectivity index (χ2n) is 3.86. The van der Waals surface area contributed by atoms with Crippen molar-refractivity contribution in [3.8, 4) is 0 Å². The maximum absolute atomic E-state index is 12.6. The van der Waals surface area contributed by atoms with Crippen LogP contribution in [-0.4, -0.2) is 25.5 Å². The van der Waals surface area contributed by atoms with Gasteiger partial charge in [-0.05, 0) is 24.1 Å². The van der Waals surface area contributed by atoms with Crippen molar-refractivity contribution >= 4 is 0 Å². The summed E-state index contributed by atoms with van der Waals surface area (Å²) in [5.74, 6) is -4.11. The van der Waals surface area contributed by atoms with Crippen LogP contribution < -0.4 is 5.73 Å². The van der Waals surface area contributed by atoms with Gasteiger partial charge in [-0.15, -0.1) is 0 Å². The predicted octanol–water partition coefficient (Wildman–Crippen LogP) is 2.60. The molecule has 0 amide bonds. The van der Waals surface area contributed by atoms with Gasteiger partial charge in [0.05, 0.1) is 6.61 Å². The van der Waals surface area contributed by atoms with Crippen molar-refractivity contribution in [2.45, 2.75) is 25.4 Å². The molecule has 1 aromatic carbocycles. The molecule has 0 saturated carbocycles. The van der Waals surface area contributed by atoms with Crippen LogP contribution in [0, 0.1) is 0 Å². The van der Waals surface area contributed by atoms with E-state index in [4.69, 9.17) is 5.73 Å². The molecule has 0 radical (unpaired) electrons. The van der Waals surface area contributed by atoms with E-state index in [9.17, 15) is 17.6 Å². The molecule has 2 nitrogen and oxygen atoms in total. The number of ether oxygens (including phenoxy) is 1. The smallest absolute Gasteiger partial charge is 0.330 e. The fourth-order valence-corrected chi connectivity index (χ4v) is 1.46. The summed E-state index contributed by atoms with van der Waals surface area (Å²) < 4.78 is 53.7. The van der Waals surface area contributed by atoms with Gasteiger partial charge in [-0.2, -0.15) is 8.78 Å². The molecule has 18 heavy (non-hydrogen) atoms. The number of hydrogen-bond acceptors (Lipinski definition) is 2. The maximum atomic E-state index is 12.6. The fourth-order valence-electron chi connectivity index (χ4n) is 1.46. The Morgan fingerprint density at radius 2 is 1.78 bits per heavy atom. The van der Waals surface area contributed by atoms with Gasteiger partial charge in [-0.3, -0.25) is 0 Å². The van der Waals surface area contributed by atoms with Crippen molar-refractivity contribution < 1.29 is 22.3 Å². The summed E-state index contributed by atoms with van der Waals surface area (Å²) in [5.41, 5.74) is 6.97. The Balaban J connectivity index is 2.53. The summed E-state index contributed by atoms with van der Waals surface area (Å²) in [7, 11) is 0. The van der Waals surface area contributed by atoms with Crippen LogP contribution in [0.1, 0.15) is 11.1 Å². The molecule has 0 heterocycles. The molecule has 2 N–H and O–H groups in total. The Labute approximate surface area is 103 Å². The number of alkyl halides is 4. The fraction of sp³-hybridized carbons (Fsp3) is 0.500. The van der Waals surface area contributed by atoms with Gasteiger partial charge in [0.2, 0.25) is 0 Å². The highest BCUT2D eigenvalue weighted by atomic mass is 19.3. The molecule has 0 spiro atoms. The van der Waals surface area contributed by atoms with Crippen LogP contribution in [0.4, 0.5) is 17.6 Å². The highest BCUT2D eigenvalue weighted by Crippen LogP contribution is 2.23. The van der Waals surface area contributed by atoms with Gasteiger partial charge in [0.1, 0.15) is 6.61 Å². The van der Waals surface area contributed by atoms with Gasteiger partial charge in [0.15, 0.2) is 0 Å². The van der Waals surface area contributed by atoms with Crippen LogP contribution in [0.5, 0.6) is 0 Å². The lowest BCUT2D eigenvalue weighted by atomic mass is 10.1. The molecule has 0 fully saturated rings. The molecule has 6 heteroatoms. The van der Waals surface area contributed by atoms with E-state index in [1.54, 1.807) is 24.3 Å². The first-order valence-corrected chi connectivity index (χ1v) is 5.48. The number of hydrogen-bond donors (Lipinski definition) is 1. The third-order valence-corrected chi connectivity index (χ3v) is 2.40. The lowest BCUT2D eigenvalue weighted by Crippen LogP contribution is -2.32. The van der Waals surface area contributed by atoms with Crippen LogP contribution >= 0.6 is 0 Å². The summed E-state index contributed by atoms with van der Waals surface area (Å²) >= 11 is 0. The van der Waals surface area contributed by atoms with Crippen LogP contribution in [0.25, 0.3) is 0 Å². The van der Waals surface area contributed by atoms with E-state index in [2.05, 4.69) is 4.74 Å².